The van der Waals surface area contributed by atoms with Crippen molar-refractivity contribution in [3.05, 3.63) is 29.3 Å². The van der Waals surface area contributed by atoms with Gasteiger partial charge >= 0.3 is 6.18 Å². The fourth-order valence-electron chi connectivity index (χ4n) is 2.17. The Labute approximate surface area is 157 Å². The van der Waals surface area contributed by atoms with Crippen LogP contribution in [0, 0.1) is 12.8 Å². The Hall–Kier alpha value is -1.19. The highest BCUT2D eigenvalue weighted by Crippen LogP contribution is 2.29. The Bertz CT molecular complexity index is 578. The maximum atomic E-state index is 12.4. The first-order valence-electron chi connectivity index (χ1n) is 7.55. The molecule has 0 radical (unpaired) electrons. The topological polar surface area (TPSA) is 45.7 Å². The predicted octanol–water partition coefficient (Wildman–Crippen LogP) is 3.63. The van der Waals surface area contributed by atoms with Crippen LogP contribution in [0.2, 0.25) is 0 Å². The van der Waals surface area contributed by atoms with Crippen LogP contribution in [0.25, 0.3) is 0 Å². The number of guanidine groups is 1. The summed E-state index contributed by atoms with van der Waals surface area (Å²) in [6.07, 6.45) is -3.25. The van der Waals surface area contributed by atoms with Crippen molar-refractivity contribution in [1.29, 1.82) is 0 Å². The van der Waals surface area contributed by atoms with Crippen molar-refractivity contribution in [3.63, 3.8) is 0 Å². The molecule has 1 aromatic rings. The van der Waals surface area contributed by atoms with Crippen molar-refractivity contribution in [2.75, 3.05) is 13.7 Å². The van der Waals surface area contributed by atoms with Gasteiger partial charge in [0, 0.05) is 25.2 Å². The SMILES string of the molecule is CN=C(NCc1ccc(C)cc1OCC(F)(F)F)NC1CC1C.I. The Morgan fingerprint density at radius 1 is 1.38 bits per heavy atom. The molecule has 136 valence electrons. The zero-order valence-corrected chi connectivity index (χ0v) is 16.2. The number of nitrogens with one attached hydrogen (secondary N) is 2. The van der Waals surface area contributed by atoms with E-state index in [1.54, 1.807) is 19.2 Å². The molecule has 1 aliphatic rings. The number of hydrogen-bond donors (Lipinski definition) is 2. The minimum absolute atomic E-state index is 0. The molecule has 0 aliphatic heterocycles. The smallest absolute Gasteiger partial charge is 0.422 e. The number of nitrogens with zero attached hydrogens (tertiary/aromatic N) is 1. The van der Waals surface area contributed by atoms with Crippen LogP contribution in [0.3, 0.4) is 0 Å². The molecular formula is C16H23F3IN3O. The quantitative estimate of drug-likeness (QED) is 0.404. The fourth-order valence-corrected chi connectivity index (χ4v) is 2.17. The summed E-state index contributed by atoms with van der Waals surface area (Å²) in [6.45, 7) is 3.00. The molecular weight excluding hydrogens is 434 g/mol. The van der Waals surface area contributed by atoms with Gasteiger partial charge in [0.25, 0.3) is 0 Å². The molecule has 0 bridgehead atoms. The van der Waals surface area contributed by atoms with Gasteiger partial charge in [0.2, 0.25) is 0 Å². The molecule has 1 fully saturated rings. The number of aliphatic imine (C=N–C) groups is 1. The van der Waals surface area contributed by atoms with Crippen LogP contribution in [-0.4, -0.2) is 31.8 Å². The number of hydrogen-bond acceptors (Lipinski definition) is 2. The molecule has 1 saturated carbocycles. The fraction of sp³-hybridized carbons (Fsp3) is 0.562. The molecule has 4 nitrogen and oxygen atoms in total. The molecule has 2 N–H and O–H groups in total. The van der Waals surface area contributed by atoms with Gasteiger partial charge in [-0.15, -0.1) is 24.0 Å². The van der Waals surface area contributed by atoms with Gasteiger partial charge in [-0.25, -0.2) is 0 Å². The average molecular weight is 457 g/mol. The van der Waals surface area contributed by atoms with E-state index in [-0.39, 0.29) is 29.7 Å². The predicted molar refractivity (Wildman–Crippen MR) is 99.0 cm³/mol. The normalized spacial score (nSPS) is 20.2. The minimum atomic E-state index is -4.35. The molecule has 0 saturated heterocycles. The van der Waals surface area contributed by atoms with E-state index < -0.39 is 12.8 Å². The Morgan fingerprint density at radius 3 is 2.58 bits per heavy atom. The van der Waals surface area contributed by atoms with E-state index in [1.807, 2.05) is 13.0 Å². The molecule has 0 aromatic heterocycles. The number of rotatable bonds is 5. The highest BCUT2D eigenvalue weighted by molar-refractivity contribution is 14.0. The van der Waals surface area contributed by atoms with E-state index in [4.69, 9.17) is 4.74 Å². The van der Waals surface area contributed by atoms with E-state index in [2.05, 4.69) is 22.5 Å². The van der Waals surface area contributed by atoms with Crippen LogP contribution >= 0.6 is 24.0 Å². The standard InChI is InChI=1S/C16H22F3N3O.HI/c1-10-4-5-12(14(6-10)23-9-16(17,18)19)8-21-15(20-3)22-13-7-11(13)2;/h4-6,11,13H,7-9H2,1-3H3,(H2,20,21,22);1H. The van der Waals surface area contributed by atoms with Crippen LogP contribution < -0.4 is 15.4 Å². The summed E-state index contributed by atoms with van der Waals surface area (Å²) in [5.74, 6) is 1.50. The minimum Gasteiger partial charge on any atom is -0.484 e. The summed E-state index contributed by atoms with van der Waals surface area (Å²) in [7, 11) is 1.67. The van der Waals surface area contributed by atoms with E-state index >= 15 is 0 Å². The Kier molecular flexibility index (Phi) is 7.62. The van der Waals surface area contributed by atoms with Crippen molar-refractivity contribution in [2.24, 2.45) is 10.9 Å². The first-order chi connectivity index (χ1) is 10.8. The lowest BCUT2D eigenvalue weighted by atomic mass is 10.1. The van der Waals surface area contributed by atoms with Gasteiger partial charge in [-0.1, -0.05) is 19.1 Å². The highest BCUT2D eigenvalue weighted by atomic mass is 127. The van der Waals surface area contributed by atoms with Crippen molar-refractivity contribution in [3.8, 4) is 5.75 Å². The van der Waals surface area contributed by atoms with Crippen molar-refractivity contribution >= 4 is 29.9 Å². The largest absolute Gasteiger partial charge is 0.484 e. The van der Waals surface area contributed by atoms with Crippen LogP contribution in [-0.2, 0) is 6.54 Å². The zero-order valence-electron chi connectivity index (χ0n) is 13.9. The third-order valence-electron chi connectivity index (χ3n) is 3.72. The zero-order chi connectivity index (χ0) is 17.0. The molecule has 1 aliphatic carbocycles. The Balaban J connectivity index is 0.00000288. The average Bonchev–Trinajstić information content (AvgIpc) is 3.17. The second kappa shape index (κ2) is 8.77. The lowest BCUT2D eigenvalue weighted by Gasteiger charge is -2.16. The number of alkyl halides is 3. The second-order valence-electron chi connectivity index (χ2n) is 5.90. The van der Waals surface area contributed by atoms with Crippen molar-refractivity contribution in [1.82, 2.24) is 10.6 Å². The van der Waals surface area contributed by atoms with Gasteiger partial charge in [0.15, 0.2) is 12.6 Å². The van der Waals surface area contributed by atoms with Gasteiger partial charge in [0.1, 0.15) is 5.75 Å². The van der Waals surface area contributed by atoms with Crippen LogP contribution in [0.4, 0.5) is 13.2 Å². The van der Waals surface area contributed by atoms with E-state index in [1.165, 1.54) is 0 Å². The van der Waals surface area contributed by atoms with Gasteiger partial charge < -0.3 is 15.4 Å². The van der Waals surface area contributed by atoms with E-state index in [0.717, 1.165) is 12.0 Å². The third-order valence-corrected chi connectivity index (χ3v) is 3.72. The third kappa shape index (κ3) is 6.74. The number of aryl methyl sites for hydroxylation is 1. The van der Waals surface area contributed by atoms with E-state index in [0.29, 0.717) is 30.0 Å². The van der Waals surface area contributed by atoms with Crippen molar-refractivity contribution in [2.45, 2.75) is 39.0 Å². The Morgan fingerprint density at radius 2 is 2.04 bits per heavy atom. The molecule has 0 heterocycles. The summed E-state index contributed by atoms with van der Waals surface area (Å²) >= 11 is 0. The number of halogens is 4. The summed E-state index contributed by atoms with van der Waals surface area (Å²) in [4.78, 5) is 4.12. The molecule has 2 rings (SSSR count). The molecule has 2 atom stereocenters. The summed E-state index contributed by atoms with van der Waals surface area (Å²) in [6, 6.07) is 5.64. The molecule has 1 aromatic carbocycles. The first-order valence-corrected chi connectivity index (χ1v) is 7.55. The second-order valence-corrected chi connectivity index (χ2v) is 5.90. The van der Waals surface area contributed by atoms with Gasteiger partial charge in [-0.05, 0) is 30.9 Å². The monoisotopic (exact) mass is 457 g/mol. The summed E-state index contributed by atoms with van der Waals surface area (Å²) in [5.41, 5.74) is 1.51. The molecule has 8 heteroatoms. The van der Waals surface area contributed by atoms with Crippen molar-refractivity contribution < 1.29 is 17.9 Å². The maximum absolute atomic E-state index is 12.4. The molecule has 0 amide bonds. The maximum Gasteiger partial charge on any atom is 0.422 e. The van der Waals surface area contributed by atoms with Crippen LogP contribution in [0.1, 0.15) is 24.5 Å². The lowest BCUT2D eigenvalue weighted by Crippen LogP contribution is -2.38. The number of benzene rings is 1. The highest BCUT2D eigenvalue weighted by Gasteiger charge is 2.33. The van der Waals surface area contributed by atoms with E-state index in [9.17, 15) is 13.2 Å². The van der Waals surface area contributed by atoms with Gasteiger partial charge in [-0.3, -0.25) is 4.99 Å². The molecule has 0 spiro atoms. The van der Waals surface area contributed by atoms with Crippen LogP contribution in [0.5, 0.6) is 5.75 Å². The lowest BCUT2D eigenvalue weighted by molar-refractivity contribution is -0.153. The summed E-state index contributed by atoms with van der Waals surface area (Å²) < 4.78 is 42.0. The van der Waals surface area contributed by atoms with Gasteiger partial charge in [0.05, 0.1) is 0 Å². The van der Waals surface area contributed by atoms with Crippen LogP contribution in [0.15, 0.2) is 23.2 Å². The summed E-state index contributed by atoms with van der Waals surface area (Å²) in [5, 5.41) is 6.38. The van der Waals surface area contributed by atoms with Gasteiger partial charge in [-0.2, -0.15) is 13.2 Å². The molecule has 2 unspecified atom stereocenters. The first kappa shape index (κ1) is 20.9. The number of ether oxygens (including phenoxy) is 1. The molecule has 24 heavy (non-hydrogen) atoms.